The van der Waals surface area contributed by atoms with Crippen LogP contribution in [0, 0.1) is 5.92 Å². The monoisotopic (exact) mass is 409 g/mol. The van der Waals surface area contributed by atoms with Crippen molar-refractivity contribution >= 4 is 28.8 Å². The summed E-state index contributed by atoms with van der Waals surface area (Å²) in [6, 6.07) is 15.6. The van der Waals surface area contributed by atoms with Crippen molar-refractivity contribution in [2.24, 2.45) is 5.92 Å². The Morgan fingerprint density at radius 1 is 1.07 bits per heavy atom. The molecule has 152 valence electrons. The van der Waals surface area contributed by atoms with Crippen LogP contribution in [0.1, 0.15) is 29.8 Å². The van der Waals surface area contributed by atoms with Gasteiger partial charge in [-0.15, -0.1) is 0 Å². The van der Waals surface area contributed by atoms with Crippen LogP contribution in [-0.4, -0.2) is 53.4 Å². The molecule has 0 spiro atoms. The second-order valence-electron chi connectivity index (χ2n) is 7.88. The highest BCUT2D eigenvalue weighted by molar-refractivity contribution is 7.98. The van der Waals surface area contributed by atoms with E-state index in [1.807, 2.05) is 53.4 Å². The van der Waals surface area contributed by atoms with Crippen LogP contribution in [-0.2, 0) is 5.75 Å². The molecule has 1 aliphatic heterocycles. The first kappa shape index (κ1) is 20.0. The average molecular weight is 410 g/mol. The molecule has 0 N–H and O–H groups in total. The van der Waals surface area contributed by atoms with Crippen LogP contribution < -0.4 is 0 Å². The molecule has 1 aliphatic rings. The Balaban J connectivity index is 1.42. The number of oxazole rings is 1. The Bertz CT molecular complexity index is 944. The van der Waals surface area contributed by atoms with Gasteiger partial charge >= 0.3 is 0 Å². The van der Waals surface area contributed by atoms with Gasteiger partial charge in [-0.2, -0.15) is 0 Å². The average Bonchev–Trinajstić information content (AvgIpc) is 3.15. The summed E-state index contributed by atoms with van der Waals surface area (Å²) in [7, 11) is 0. The lowest BCUT2D eigenvalue weighted by Crippen LogP contribution is -2.49. The maximum atomic E-state index is 13.2. The van der Waals surface area contributed by atoms with E-state index in [4.69, 9.17) is 4.42 Å². The molecule has 5 nitrogen and oxygen atoms in total. The van der Waals surface area contributed by atoms with Gasteiger partial charge in [0.1, 0.15) is 5.52 Å². The number of amides is 1. The van der Waals surface area contributed by atoms with E-state index in [0.717, 1.165) is 55.0 Å². The third kappa shape index (κ3) is 4.82. The van der Waals surface area contributed by atoms with E-state index in [1.165, 1.54) is 11.8 Å². The first-order valence-corrected chi connectivity index (χ1v) is 11.2. The summed E-state index contributed by atoms with van der Waals surface area (Å²) in [6.07, 6.45) is 0. The number of carbonyl (C=O) groups excluding carboxylic acids is 1. The van der Waals surface area contributed by atoms with Gasteiger partial charge in [-0.1, -0.05) is 55.9 Å². The molecule has 1 saturated heterocycles. The Kier molecular flexibility index (Phi) is 6.21. The van der Waals surface area contributed by atoms with E-state index in [2.05, 4.69) is 23.7 Å². The Morgan fingerprint density at radius 3 is 2.55 bits per heavy atom. The van der Waals surface area contributed by atoms with Crippen LogP contribution in [0.3, 0.4) is 0 Å². The SMILES string of the molecule is CC(C)CN1CCN(C(=O)c2ccccc2CSc2nc3ccccc3o2)CC1. The molecule has 3 aromatic rings. The lowest BCUT2D eigenvalue weighted by molar-refractivity contribution is 0.0623. The molecule has 1 aromatic heterocycles. The Labute approximate surface area is 176 Å². The standard InChI is InChI=1S/C23H27N3O2S/c1-17(2)15-25-11-13-26(14-12-25)22(27)19-8-4-3-7-18(19)16-29-23-24-20-9-5-6-10-21(20)28-23/h3-10,17H,11-16H2,1-2H3. The summed E-state index contributed by atoms with van der Waals surface area (Å²) in [6.45, 7) is 9.05. The summed E-state index contributed by atoms with van der Waals surface area (Å²) < 4.78 is 5.80. The minimum Gasteiger partial charge on any atom is -0.431 e. The Morgan fingerprint density at radius 2 is 1.79 bits per heavy atom. The molecule has 0 atom stereocenters. The number of benzene rings is 2. The second kappa shape index (κ2) is 9.01. The molecule has 2 heterocycles. The van der Waals surface area contributed by atoms with E-state index in [0.29, 0.717) is 16.9 Å². The minimum atomic E-state index is 0.128. The zero-order chi connectivity index (χ0) is 20.2. The number of piperazine rings is 1. The zero-order valence-electron chi connectivity index (χ0n) is 17.0. The van der Waals surface area contributed by atoms with Crippen molar-refractivity contribution in [2.75, 3.05) is 32.7 Å². The van der Waals surface area contributed by atoms with Crippen LogP contribution in [0.2, 0.25) is 0 Å². The molecule has 1 amide bonds. The highest BCUT2D eigenvalue weighted by Gasteiger charge is 2.24. The third-order valence-electron chi connectivity index (χ3n) is 5.16. The third-order valence-corrected chi connectivity index (χ3v) is 6.03. The molecule has 0 radical (unpaired) electrons. The normalized spacial score (nSPS) is 15.3. The second-order valence-corrected chi connectivity index (χ2v) is 8.81. The highest BCUT2D eigenvalue weighted by atomic mass is 32.2. The molecule has 1 fully saturated rings. The predicted molar refractivity (Wildman–Crippen MR) is 117 cm³/mol. The lowest BCUT2D eigenvalue weighted by atomic mass is 10.1. The van der Waals surface area contributed by atoms with Crippen molar-refractivity contribution in [1.82, 2.24) is 14.8 Å². The van der Waals surface area contributed by atoms with Crippen molar-refractivity contribution in [3.63, 3.8) is 0 Å². The van der Waals surface area contributed by atoms with Gasteiger partial charge in [-0.3, -0.25) is 9.69 Å². The fourth-order valence-electron chi connectivity index (χ4n) is 3.73. The summed E-state index contributed by atoms with van der Waals surface area (Å²) in [4.78, 5) is 22.1. The van der Waals surface area contributed by atoms with Crippen LogP contribution >= 0.6 is 11.8 Å². The summed E-state index contributed by atoms with van der Waals surface area (Å²) in [5.74, 6) is 1.44. The molecule has 0 saturated carbocycles. The number of nitrogens with zero attached hydrogens (tertiary/aromatic N) is 3. The Hall–Kier alpha value is -2.31. The number of hydrogen-bond acceptors (Lipinski definition) is 5. The van der Waals surface area contributed by atoms with E-state index in [1.54, 1.807) is 0 Å². The van der Waals surface area contributed by atoms with Gasteiger partial charge < -0.3 is 9.32 Å². The number of fused-ring (bicyclic) bond motifs is 1. The van der Waals surface area contributed by atoms with Crippen molar-refractivity contribution in [2.45, 2.75) is 24.8 Å². The number of aromatic nitrogens is 1. The summed E-state index contributed by atoms with van der Waals surface area (Å²) >= 11 is 1.53. The maximum absolute atomic E-state index is 13.2. The quantitative estimate of drug-likeness (QED) is 0.560. The number of rotatable bonds is 6. The number of carbonyl (C=O) groups is 1. The molecule has 29 heavy (non-hydrogen) atoms. The van der Waals surface area contributed by atoms with Gasteiger partial charge in [0.15, 0.2) is 5.58 Å². The summed E-state index contributed by atoms with van der Waals surface area (Å²) in [5, 5.41) is 0.635. The van der Waals surface area contributed by atoms with Gasteiger partial charge in [-0.25, -0.2) is 4.98 Å². The number of para-hydroxylation sites is 2. The highest BCUT2D eigenvalue weighted by Crippen LogP contribution is 2.27. The van der Waals surface area contributed by atoms with Gasteiger partial charge in [0.2, 0.25) is 0 Å². The topological polar surface area (TPSA) is 49.6 Å². The first-order valence-electron chi connectivity index (χ1n) is 10.2. The largest absolute Gasteiger partial charge is 0.431 e. The van der Waals surface area contributed by atoms with Gasteiger partial charge in [0.05, 0.1) is 0 Å². The maximum Gasteiger partial charge on any atom is 0.257 e. The van der Waals surface area contributed by atoms with Crippen molar-refractivity contribution < 1.29 is 9.21 Å². The first-order chi connectivity index (χ1) is 14.1. The van der Waals surface area contributed by atoms with Crippen LogP contribution in [0.15, 0.2) is 58.2 Å². The molecule has 0 unspecified atom stereocenters. The molecule has 2 aromatic carbocycles. The molecular weight excluding hydrogens is 382 g/mol. The van der Waals surface area contributed by atoms with E-state index in [9.17, 15) is 4.79 Å². The van der Waals surface area contributed by atoms with Crippen LogP contribution in [0.25, 0.3) is 11.1 Å². The molecule has 0 aliphatic carbocycles. The smallest absolute Gasteiger partial charge is 0.257 e. The lowest BCUT2D eigenvalue weighted by Gasteiger charge is -2.35. The molecule has 0 bridgehead atoms. The molecule has 6 heteroatoms. The number of hydrogen-bond donors (Lipinski definition) is 0. The predicted octanol–water partition coefficient (Wildman–Crippen LogP) is 4.53. The van der Waals surface area contributed by atoms with E-state index >= 15 is 0 Å². The van der Waals surface area contributed by atoms with Crippen molar-refractivity contribution in [1.29, 1.82) is 0 Å². The molecular formula is C23H27N3O2S. The fraction of sp³-hybridized carbons (Fsp3) is 0.391. The van der Waals surface area contributed by atoms with E-state index < -0.39 is 0 Å². The van der Waals surface area contributed by atoms with Gasteiger partial charge in [-0.05, 0) is 29.7 Å². The zero-order valence-corrected chi connectivity index (χ0v) is 17.8. The van der Waals surface area contributed by atoms with Crippen LogP contribution in [0.5, 0.6) is 0 Å². The van der Waals surface area contributed by atoms with Crippen LogP contribution in [0.4, 0.5) is 0 Å². The number of thioether (sulfide) groups is 1. The molecule has 4 rings (SSSR count). The van der Waals surface area contributed by atoms with Gasteiger partial charge in [0.25, 0.3) is 11.1 Å². The van der Waals surface area contributed by atoms with Gasteiger partial charge in [0, 0.05) is 44.0 Å². The summed E-state index contributed by atoms with van der Waals surface area (Å²) in [5.41, 5.74) is 3.46. The van der Waals surface area contributed by atoms with E-state index in [-0.39, 0.29) is 5.91 Å². The minimum absolute atomic E-state index is 0.128. The fourth-order valence-corrected chi connectivity index (χ4v) is 4.57. The van der Waals surface area contributed by atoms with Crippen molar-refractivity contribution in [3.8, 4) is 0 Å². The van der Waals surface area contributed by atoms with Crippen molar-refractivity contribution in [3.05, 3.63) is 59.7 Å².